The number of hydrogen-bond acceptors (Lipinski definition) is 1. The first kappa shape index (κ1) is 13.6. The lowest BCUT2D eigenvalue weighted by atomic mass is 10.0. The molecule has 0 atom stereocenters. The van der Waals surface area contributed by atoms with Crippen LogP contribution in [0, 0.1) is 6.92 Å². The van der Waals surface area contributed by atoms with E-state index in [9.17, 15) is 18.0 Å². The third-order valence-electron chi connectivity index (χ3n) is 3.13. The van der Waals surface area contributed by atoms with Crippen LogP contribution in [0.2, 0.25) is 0 Å². The monoisotopic (exact) mass is 269 g/mol. The number of hydrogen-bond donors (Lipinski definition) is 1. The quantitative estimate of drug-likeness (QED) is 0.883. The van der Waals surface area contributed by atoms with Crippen LogP contribution in [-0.2, 0) is 12.6 Å². The first-order valence-electron chi connectivity index (χ1n) is 6.07. The zero-order valence-corrected chi connectivity index (χ0v) is 10.7. The molecule has 19 heavy (non-hydrogen) atoms. The Morgan fingerprint density at radius 1 is 1.26 bits per heavy atom. The summed E-state index contributed by atoms with van der Waals surface area (Å²) in [6.07, 6.45) is -2.82. The Kier molecular flexibility index (Phi) is 3.39. The molecule has 0 fully saturated rings. The maximum Gasteiger partial charge on any atom is 0.431 e. The van der Waals surface area contributed by atoms with Gasteiger partial charge in [-0.3, -0.25) is 4.79 Å². The van der Waals surface area contributed by atoms with E-state index in [1.165, 1.54) is 13.0 Å². The number of aromatic amines is 1. The minimum atomic E-state index is -4.54. The lowest BCUT2D eigenvalue weighted by Gasteiger charge is -2.12. The fourth-order valence-corrected chi connectivity index (χ4v) is 2.16. The Hall–Kier alpha value is -1.78. The zero-order chi connectivity index (χ0) is 14.2. The normalized spacial score (nSPS) is 12.1. The second-order valence-corrected chi connectivity index (χ2v) is 4.58. The highest BCUT2D eigenvalue weighted by Crippen LogP contribution is 2.30. The van der Waals surface area contributed by atoms with Gasteiger partial charge < -0.3 is 4.98 Å². The molecule has 0 saturated carbocycles. The van der Waals surface area contributed by atoms with Crippen LogP contribution in [0.1, 0.15) is 30.2 Å². The van der Waals surface area contributed by atoms with E-state index in [1.807, 2.05) is 6.92 Å². The molecule has 2 aromatic rings. The summed E-state index contributed by atoms with van der Waals surface area (Å²) in [6.45, 7) is 3.21. The number of rotatable bonds is 2. The van der Waals surface area contributed by atoms with Crippen molar-refractivity contribution in [3.63, 3.8) is 0 Å². The molecule has 1 aromatic heterocycles. The molecule has 0 unspecified atom stereocenters. The number of fused-ring (bicyclic) bond motifs is 1. The fraction of sp³-hybridized carbons (Fsp3) is 0.357. The summed E-state index contributed by atoms with van der Waals surface area (Å²) in [5.41, 5.74) is -0.622. The summed E-state index contributed by atoms with van der Waals surface area (Å²) in [4.78, 5) is 14.4. The molecule has 5 heteroatoms. The standard InChI is InChI=1S/C14H14F3NO/c1-3-4-9-5-6-11-10(7-9)12(19)8(2)13(18-11)14(15,16)17/h5-7H,3-4H2,1-2H3,(H,18,19). The average Bonchev–Trinajstić information content (AvgIpc) is 2.33. The molecule has 0 aliphatic carbocycles. The Labute approximate surface area is 108 Å². The number of halogens is 3. The lowest BCUT2D eigenvalue weighted by molar-refractivity contribution is -0.141. The van der Waals surface area contributed by atoms with Crippen molar-refractivity contribution in [1.82, 2.24) is 4.98 Å². The Morgan fingerprint density at radius 3 is 2.53 bits per heavy atom. The molecule has 0 amide bonds. The lowest BCUT2D eigenvalue weighted by Crippen LogP contribution is -2.18. The summed E-state index contributed by atoms with van der Waals surface area (Å²) in [6, 6.07) is 4.96. The molecule has 2 rings (SSSR count). The average molecular weight is 269 g/mol. The Bertz CT molecular complexity index is 671. The van der Waals surface area contributed by atoms with E-state index in [-0.39, 0.29) is 11.1 Å². The predicted octanol–water partition coefficient (Wildman–Crippen LogP) is 3.81. The third-order valence-corrected chi connectivity index (χ3v) is 3.13. The summed E-state index contributed by atoms with van der Waals surface area (Å²) >= 11 is 0. The van der Waals surface area contributed by atoms with Crippen molar-refractivity contribution in [3.05, 3.63) is 45.2 Å². The molecule has 1 aromatic carbocycles. The van der Waals surface area contributed by atoms with Crippen LogP contribution in [0.15, 0.2) is 23.0 Å². The van der Waals surface area contributed by atoms with E-state index in [0.717, 1.165) is 18.4 Å². The van der Waals surface area contributed by atoms with Gasteiger partial charge in [0.15, 0.2) is 5.43 Å². The number of aryl methyl sites for hydroxylation is 1. The molecule has 102 valence electrons. The summed E-state index contributed by atoms with van der Waals surface area (Å²) in [5, 5.41) is 0.316. The minimum absolute atomic E-state index is 0.225. The maximum atomic E-state index is 12.8. The molecule has 1 N–H and O–H groups in total. The van der Waals surface area contributed by atoms with Crippen LogP contribution < -0.4 is 5.43 Å². The fourth-order valence-electron chi connectivity index (χ4n) is 2.16. The van der Waals surface area contributed by atoms with E-state index >= 15 is 0 Å². The minimum Gasteiger partial charge on any atom is -0.351 e. The first-order chi connectivity index (χ1) is 8.84. The number of benzene rings is 1. The van der Waals surface area contributed by atoms with Crippen molar-refractivity contribution in [3.8, 4) is 0 Å². The van der Waals surface area contributed by atoms with Crippen LogP contribution in [0.25, 0.3) is 10.9 Å². The number of pyridine rings is 1. The van der Waals surface area contributed by atoms with Crippen molar-refractivity contribution in [2.75, 3.05) is 0 Å². The first-order valence-corrected chi connectivity index (χ1v) is 6.07. The van der Waals surface area contributed by atoms with Crippen LogP contribution in [0.3, 0.4) is 0 Å². The van der Waals surface area contributed by atoms with Crippen LogP contribution in [0.4, 0.5) is 13.2 Å². The third kappa shape index (κ3) is 2.50. The van der Waals surface area contributed by atoms with Crippen molar-refractivity contribution in [2.24, 2.45) is 0 Å². The molecule has 1 heterocycles. The number of nitrogens with one attached hydrogen (secondary N) is 1. The topological polar surface area (TPSA) is 32.9 Å². The van der Waals surface area contributed by atoms with E-state index in [0.29, 0.717) is 5.39 Å². The molecule has 0 radical (unpaired) electrons. The second kappa shape index (κ2) is 4.72. The van der Waals surface area contributed by atoms with Gasteiger partial charge in [0, 0.05) is 16.5 Å². The SMILES string of the molecule is CCCc1ccc2[nH]c(C(F)(F)F)c(C)c(=O)c2c1. The summed E-state index contributed by atoms with van der Waals surface area (Å²) in [5.74, 6) is 0. The summed E-state index contributed by atoms with van der Waals surface area (Å²) in [7, 11) is 0. The van der Waals surface area contributed by atoms with Crippen LogP contribution in [-0.4, -0.2) is 4.98 Å². The molecule has 0 saturated heterocycles. The number of aromatic nitrogens is 1. The van der Waals surface area contributed by atoms with E-state index in [4.69, 9.17) is 0 Å². The van der Waals surface area contributed by atoms with Gasteiger partial charge in [0.05, 0.1) is 0 Å². The predicted molar refractivity (Wildman–Crippen MR) is 68.3 cm³/mol. The van der Waals surface area contributed by atoms with Gasteiger partial charge in [-0.1, -0.05) is 19.4 Å². The number of H-pyrrole nitrogens is 1. The highest BCUT2D eigenvalue weighted by Gasteiger charge is 2.34. The van der Waals surface area contributed by atoms with Crippen molar-refractivity contribution in [1.29, 1.82) is 0 Å². The van der Waals surface area contributed by atoms with Gasteiger partial charge in [-0.05, 0) is 31.0 Å². The largest absolute Gasteiger partial charge is 0.431 e. The highest BCUT2D eigenvalue weighted by atomic mass is 19.4. The molecule has 0 bridgehead atoms. The smallest absolute Gasteiger partial charge is 0.351 e. The number of alkyl halides is 3. The van der Waals surface area contributed by atoms with E-state index < -0.39 is 17.3 Å². The van der Waals surface area contributed by atoms with E-state index in [1.54, 1.807) is 12.1 Å². The summed E-state index contributed by atoms with van der Waals surface area (Å²) < 4.78 is 38.4. The zero-order valence-electron chi connectivity index (χ0n) is 10.7. The molecular weight excluding hydrogens is 255 g/mol. The molecule has 2 nitrogen and oxygen atoms in total. The van der Waals surface area contributed by atoms with Crippen molar-refractivity contribution < 1.29 is 13.2 Å². The second-order valence-electron chi connectivity index (χ2n) is 4.58. The Balaban J connectivity index is 2.73. The van der Waals surface area contributed by atoms with Crippen molar-refractivity contribution in [2.45, 2.75) is 32.9 Å². The van der Waals surface area contributed by atoms with Crippen LogP contribution >= 0.6 is 0 Å². The highest BCUT2D eigenvalue weighted by molar-refractivity contribution is 5.80. The molecular formula is C14H14F3NO. The van der Waals surface area contributed by atoms with E-state index in [2.05, 4.69) is 4.98 Å². The Morgan fingerprint density at radius 2 is 1.95 bits per heavy atom. The van der Waals surface area contributed by atoms with Gasteiger partial charge in [0.2, 0.25) is 0 Å². The van der Waals surface area contributed by atoms with Gasteiger partial charge in [-0.15, -0.1) is 0 Å². The molecule has 0 spiro atoms. The van der Waals surface area contributed by atoms with Gasteiger partial charge in [-0.2, -0.15) is 13.2 Å². The van der Waals surface area contributed by atoms with Gasteiger partial charge in [-0.25, -0.2) is 0 Å². The van der Waals surface area contributed by atoms with Crippen LogP contribution in [0.5, 0.6) is 0 Å². The maximum absolute atomic E-state index is 12.8. The van der Waals surface area contributed by atoms with Gasteiger partial charge in [0.25, 0.3) is 0 Å². The van der Waals surface area contributed by atoms with Crippen molar-refractivity contribution >= 4 is 10.9 Å². The molecule has 0 aliphatic heterocycles. The van der Waals surface area contributed by atoms with Gasteiger partial charge >= 0.3 is 6.18 Å². The molecule has 0 aliphatic rings. The van der Waals surface area contributed by atoms with Gasteiger partial charge in [0.1, 0.15) is 5.69 Å².